The van der Waals surface area contributed by atoms with E-state index in [9.17, 15) is 8.42 Å². The van der Waals surface area contributed by atoms with Crippen LogP contribution >= 0.6 is 0 Å². The highest BCUT2D eigenvalue weighted by molar-refractivity contribution is 7.89. The lowest BCUT2D eigenvalue weighted by Gasteiger charge is -2.22. The molecule has 5 heteroatoms. The number of nitrogen functional groups attached to an aromatic ring is 1. The molecule has 20 heavy (non-hydrogen) atoms. The van der Waals surface area contributed by atoms with E-state index in [1.54, 1.807) is 13.0 Å². The van der Waals surface area contributed by atoms with Crippen molar-refractivity contribution in [1.29, 1.82) is 0 Å². The number of rotatable bonds is 4. The zero-order valence-electron chi connectivity index (χ0n) is 12.3. The molecule has 0 saturated heterocycles. The molecule has 1 saturated carbocycles. The second kappa shape index (κ2) is 6.14. The van der Waals surface area contributed by atoms with E-state index in [0.717, 1.165) is 18.4 Å². The van der Waals surface area contributed by atoms with Gasteiger partial charge in [-0.25, -0.2) is 13.1 Å². The number of nitrogens with two attached hydrogens (primary N) is 1. The average molecular weight is 296 g/mol. The standard InChI is InChI=1S/C15H24N2O2S/c1-11-8-9-12(2)15(14(11)16)20(18,19)17-10-13-6-4-3-5-7-13/h8-9,13,17H,3-7,10,16H2,1-2H3. The molecule has 1 fully saturated rings. The van der Waals surface area contributed by atoms with Crippen molar-refractivity contribution in [2.45, 2.75) is 50.8 Å². The molecule has 2 rings (SSSR count). The van der Waals surface area contributed by atoms with Crippen LogP contribution in [0.15, 0.2) is 17.0 Å². The fourth-order valence-corrected chi connectivity index (χ4v) is 4.40. The maximum Gasteiger partial charge on any atom is 0.242 e. The van der Waals surface area contributed by atoms with Gasteiger partial charge in [0.25, 0.3) is 0 Å². The van der Waals surface area contributed by atoms with E-state index in [0.29, 0.717) is 23.7 Å². The lowest BCUT2D eigenvalue weighted by molar-refractivity contribution is 0.357. The first-order valence-corrected chi connectivity index (χ1v) is 8.75. The van der Waals surface area contributed by atoms with Crippen molar-refractivity contribution < 1.29 is 8.42 Å². The van der Waals surface area contributed by atoms with Crippen LogP contribution < -0.4 is 10.5 Å². The summed E-state index contributed by atoms with van der Waals surface area (Å²) in [5.41, 5.74) is 7.82. The molecule has 0 atom stereocenters. The third-order valence-corrected chi connectivity index (χ3v) is 5.79. The molecule has 1 aromatic rings. The van der Waals surface area contributed by atoms with Gasteiger partial charge in [0.15, 0.2) is 0 Å². The van der Waals surface area contributed by atoms with Crippen molar-refractivity contribution in [2.75, 3.05) is 12.3 Å². The highest BCUT2D eigenvalue weighted by Crippen LogP contribution is 2.27. The van der Waals surface area contributed by atoms with Gasteiger partial charge < -0.3 is 5.73 Å². The SMILES string of the molecule is Cc1ccc(C)c(S(=O)(=O)NCC2CCCCC2)c1N. The number of sulfonamides is 1. The fraction of sp³-hybridized carbons (Fsp3) is 0.600. The van der Waals surface area contributed by atoms with Crippen molar-refractivity contribution in [1.82, 2.24) is 4.72 Å². The van der Waals surface area contributed by atoms with Gasteiger partial charge in [0.2, 0.25) is 10.0 Å². The first kappa shape index (κ1) is 15.3. The average Bonchev–Trinajstić information content (AvgIpc) is 2.42. The van der Waals surface area contributed by atoms with Crippen LogP contribution in [0, 0.1) is 19.8 Å². The lowest BCUT2D eigenvalue weighted by atomic mass is 9.90. The minimum absolute atomic E-state index is 0.244. The number of aryl methyl sites for hydroxylation is 2. The maximum absolute atomic E-state index is 12.5. The van der Waals surface area contributed by atoms with Crippen LogP contribution in [0.2, 0.25) is 0 Å². The van der Waals surface area contributed by atoms with Gasteiger partial charge in [-0.1, -0.05) is 31.4 Å². The predicted molar refractivity (Wildman–Crippen MR) is 82.1 cm³/mol. The van der Waals surface area contributed by atoms with Gasteiger partial charge >= 0.3 is 0 Å². The van der Waals surface area contributed by atoms with Crippen molar-refractivity contribution in [2.24, 2.45) is 5.92 Å². The Morgan fingerprint density at radius 3 is 2.40 bits per heavy atom. The van der Waals surface area contributed by atoms with E-state index >= 15 is 0 Å². The summed E-state index contributed by atoms with van der Waals surface area (Å²) in [6, 6.07) is 3.66. The summed E-state index contributed by atoms with van der Waals surface area (Å²) in [7, 11) is -3.52. The van der Waals surface area contributed by atoms with Gasteiger partial charge in [-0.3, -0.25) is 0 Å². The van der Waals surface area contributed by atoms with E-state index in [2.05, 4.69) is 4.72 Å². The van der Waals surface area contributed by atoms with Crippen molar-refractivity contribution in [3.8, 4) is 0 Å². The summed E-state index contributed by atoms with van der Waals surface area (Å²) >= 11 is 0. The summed E-state index contributed by atoms with van der Waals surface area (Å²) in [6.07, 6.45) is 5.92. The third kappa shape index (κ3) is 3.33. The van der Waals surface area contributed by atoms with Gasteiger partial charge in [0, 0.05) is 6.54 Å². The number of nitrogens with one attached hydrogen (secondary N) is 1. The van der Waals surface area contributed by atoms with E-state index < -0.39 is 10.0 Å². The minimum Gasteiger partial charge on any atom is -0.397 e. The molecule has 0 aromatic heterocycles. The second-order valence-electron chi connectivity index (χ2n) is 5.80. The van der Waals surface area contributed by atoms with E-state index in [1.807, 2.05) is 13.0 Å². The number of hydrogen-bond donors (Lipinski definition) is 2. The summed E-state index contributed by atoms with van der Waals surface area (Å²) < 4.78 is 27.7. The number of anilines is 1. The molecular formula is C15H24N2O2S. The molecule has 0 radical (unpaired) electrons. The van der Waals surface area contributed by atoms with E-state index in [1.165, 1.54) is 19.3 Å². The normalized spacial score (nSPS) is 17.3. The van der Waals surface area contributed by atoms with Gasteiger partial charge in [0.05, 0.1) is 5.69 Å². The number of hydrogen-bond acceptors (Lipinski definition) is 3. The van der Waals surface area contributed by atoms with E-state index in [4.69, 9.17) is 5.73 Å². The Morgan fingerprint density at radius 2 is 1.75 bits per heavy atom. The fourth-order valence-electron chi connectivity index (χ4n) is 2.85. The summed E-state index contributed by atoms with van der Waals surface area (Å²) in [6.45, 7) is 4.13. The molecule has 0 spiro atoms. The monoisotopic (exact) mass is 296 g/mol. The van der Waals surface area contributed by atoms with Crippen molar-refractivity contribution in [3.05, 3.63) is 23.3 Å². The molecule has 1 aliphatic carbocycles. The molecule has 1 aliphatic rings. The van der Waals surface area contributed by atoms with Gasteiger partial charge in [-0.2, -0.15) is 0 Å². The zero-order valence-corrected chi connectivity index (χ0v) is 13.1. The van der Waals surface area contributed by atoms with Crippen LogP contribution in [0.5, 0.6) is 0 Å². The highest BCUT2D eigenvalue weighted by atomic mass is 32.2. The Labute approximate surface area is 121 Å². The predicted octanol–water partition coefficient (Wildman–Crippen LogP) is 2.74. The molecule has 0 unspecified atom stereocenters. The van der Waals surface area contributed by atoms with Crippen LogP contribution in [0.3, 0.4) is 0 Å². The Hall–Kier alpha value is -1.07. The van der Waals surface area contributed by atoms with Crippen LogP contribution in [-0.4, -0.2) is 15.0 Å². The largest absolute Gasteiger partial charge is 0.397 e. The Kier molecular flexibility index (Phi) is 4.70. The highest BCUT2D eigenvalue weighted by Gasteiger charge is 2.23. The zero-order chi connectivity index (χ0) is 14.8. The van der Waals surface area contributed by atoms with Crippen LogP contribution in [0.25, 0.3) is 0 Å². The Balaban J connectivity index is 2.16. The summed E-state index contributed by atoms with van der Waals surface area (Å²) in [4.78, 5) is 0.244. The lowest BCUT2D eigenvalue weighted by Crippen LogP contribution is -2.31. The first-order chi connectivity index (χ1) is 9.42. The minimum atomic E-state index is -3.52. The molecule has 0 aliphatic heterocycles. The maximum atomic E-state index is 12.5. The van der Waals surface area contributed by atoms with Crippen LogP contribution in [0.4, 0.5) is 5.69 Å². The van der Waals surface area contributed by atoms with Gasteiger partial charge in [0.1, 0.15) is 4.90 Å². The molecule has 0 amide bonds. The molecule has 3 N–H and O–H groups in total. The molecule has 1 aromatic carbocycles. The molecule has 0 bridgehead atoms. The summed E-state index contributed by atoms with van der Waals surface area (Å²) in [5.74, 6) is 0.463. The van der Waals surface area contributed by atoms with Crippen molar-refractivity contribution in [3.63, 3.8) is 0 Å². The summed E-state index contributed by atoms with van der Waals surface area (Å²) in [5, 5.41) is 0. The topological polar surface area (TPSA) is 72.2 Å². The van der Waals surface area contributed by atoms with E-state index in [-0.39, 0.29) is 4.90 Å². The quantitative estimate of drug-likeness (QED) is 0.839. The molecule has 112 valence electrons. The third-order valence-electron chi connectivity index (χ3n) is 4.17. The van der Waals surface area contributed by atoms with Crippen molar-refractivity contribution >= 4 is 15.7 Å². The van der Waals surface area contributed by atoms with Gasteiger partial charge in [-0.05, 0) is 43.7 Å². The molecule has 0 heterocycles. The Morgan fingerprint density at radius 1 is 1.15 bits per heavy atom. The van der Waals surface area contributed by atoms with Crippen LogP contribution in [0.1, 0.15) is 43.2 Å². The number of benzene rings is 1. The molecule has 4 nitrogen and oxygen atoms in total. The van der Waals surface area contributed by atoms with Gasteiger partial charge in [-0.15, -0.1) is 0 Å². The smallest absolute Gasteiger partial charge is 0.242 e. The second-order valence-corrected chi connectivity index (χ2v) is 7.50. The molecular weight excluding hydrogens is 272 g/mol. The Bertz CT molecular complexity index is 576. The first-order valence-electron chi connectivity index (χ1n) is 7.27. The van der Waals surface area contributed by atoms with Crippen LogP contribution in [-0.2, 0) is 10.0 Å².